The first-order valence-electron chi connectivity index (χ1n) is 8.95. The molecule has 0 aliphatic rings. The fourth-order valence-electron chi connectivity index (χ4n) is 2.38. The second-order valence-electron chi connectivity index (χ2n) is 6.20. The van der Waals surface area contributed by atoms with Crippen molar-refractivity contribution in [3.63, 3.8) is 0 Å². The van der Waals surface area contributed by atoms with E-state index in [4.69, 9.17) is 5.11 Å². The quantitative estimate of drug-likeness (QED) is 0.271. The normalized spacial score (nSPS) is 17.0. The van der Waals surface area contributed by atoms with Gasteiger partial charge in [-0.05, 0) is 12.2 Å². The minimum absolute atomic E-state index is 0.313. The molecule has 0 aliphatic carbocycles. The van der Waals surface area contributed by atoms with Crippen LogP contribution in [0.5, 0.6) is 0 Å². The van der Waals surface area contributed by atoms with Crippen LogP contribution in [-0.2, 0) is 0 Å². The molecule has 0 aromatic heterocycles. The molecule has 4 atom stereocenters. The van der Waals surface area contributed by atoms with Crippen molar-refractivity contribution in [2.75, 3.05) is 18.1 Å². The van der Waals surface area contributed by atoms with Crippen LogP contribution in [0, 0.1) is 0 Å². The molecule has 4 unspecified atom stereocenters. The maximum atomic E-state index is 9.75. The van der Waals surface area contributed by atoms with Crippen LogP contribution in [0.25, 0.3) is 0 Å². The Bertz CT molecular complexity index is 255. The van der Waals surface area contributed by atoms with Gasteiger partial charge in [-0.25, -0.2) is 0 Å². The van der Waals surface area contributed by atoms with Crippen LogP contribution < -0.4 is 0 Å². The SMILES string of the molecule is CCCCCCCCCCCSCC(O)C(O)C(O)C(O)CO. The van der Waals surface area contributed by atoms with Crippen LogP contribution >= 0.6 is 11.8 Å². The Labute approximate surface area is 145 Å². The lowest BCUT2D eigenvalue weighted by Crippen LogP contribution is -2.46. The van der Waals surface area contributed by atoms with E-state index in [1.165, 1.54) is 63.1 Å². The lowest BCUT2D eigenvalue weighted by molar-refractivity contribution is -0.109. The smallest absolute Gasteiger partial charge is 0.111 e. The second-order valence-corrected chi connectivity index (χ2v) is 7.35. The molecule has 0 saturated heterocycles. The number of rotatable bonds is 16. The van der Waals surface area contributed by atoms with E-state index in [9.17, 15) is 20.4 Å². The fraction of sp³-hybridized carbons (Fsp3) is 1.00. The number of hydrogen-bond donors (Lipinski definition) is 5. The van der Waals surface area contributed by atoms with E-state index in [1.54, 1.807) is 0 Å². The molecule has 5 nitrogen and oxygen atoms in total. The largest absolute Gasteiger partial charge is 0.394 e. The van der Waals surface area contributed by atoms with Crippen molar-refractivity contribution < 1.29 is 25.5 Å². The molecule has 0 heterocycles. The summed E-state index contributed by atoms with van der Waals surface area (Å²) in [6.45, 7) is 1.58. The molecule has 0 aliphatic heterocycles. The van der Waals surface area contributed by atoms with E-state index in [2.05, 4.69) is 6.92 Å². The molecule has 6 heteroatoms. The van der Waals surface area contributed by atoms with E-state index in [0.717, 1.165) is 12.2 Å². The molecule has 0 rings (SSSR count). The Morgan fingerprint density at radius 1 is 0.696 bits per heavy atom. The lowest BCUT2D eigenvalue weighted by Gasteiger charge is -2.25. The van der Waals surface area contributed by atoms with Crippen LogP contribution in [0.2, 0.25) is 0 Å². The van der Waals surface area contributed by atoms with E-state index in [1.807, 2.05) is 0 Å². The summed E-state index contributed by atoms with van der Waals surface area (Å²) in [6.07, 6.45) is 5.97. The highest BCUT2D eigenvalue weighted by molar-refractivity contribution is 7.99. The first-order chi connectivity index (χ1) is 11.0. The molecular weight excluding hydrogens is 316 g/mol. The predicted octanol–water partition coefficient (Wildman–Crippen LogP) is 1.69. The van der Waals surface area contributed by atoms with Gasteiger partial charge in [0.25, 0.3) is 0 Å². The highest BCUT2D eigenvalue weighted by Crippen LogP contribution is 2.14. The van der Waals surface area contributed by atoms with Crippen LogP contribution in [0.15, 0.2) is 0 Å². The van der Waals surface area contributed by atoms with Crippen LogP contribution in [0.1, 0.15) is 64.7 Å². The minimum atomic E-state index is -1.52. The highest BCUT2D eigenvalue weighted by Gasteiger charge is 2.29. The number of unbranched alkanes of at least 4 members (excludes halogenated alkanes) is 8. The van der Waals surface area contributed by atoms with Gasteiger partial charge in [0.15, 0.2) is 0 Å². The Kier molecular flexibility index (Phi) is 15.8. The van der Waals surface area contributed by atoms with Crippen LogP contribution in [-0.4, -0.2) is 68.1 Å². The predicted molar refractivity (Wildman–Crippen MR) is 95.7 cm³/mol. The Balaban J connectivity index is 3.46. The molecule has 0 fully saturated rings. The molecular formula is C17H36O5S. The maximum absolute atomic E-state index is 9.75. The zero-order chi connectivity index (χ0) is 17.5. The molecule has 5 N–H and O–H groups in total. The van der Waals surface area contributed by atoms with Crippen LogP contribution in [0.3, 0.4) is 0 Å². The van der Waals surface area contributed by atoms with Crippen molar-refractivity contribution in [1.29, 1.82) is 0 Å². The molecule has 0 amide bonds. The van der Waals surface area contributed by atoms with Crippen LogP contribution in [0.4, 0.5) is 0 Å². The van der Waals surface area contributed by atoms with E-state index < -0.39 is 31.0 Å². The molecule has 0 bridgehead atoms. The zero-order valence-electron chi connectivity index (χ0n) is 14.4. The number of hydrogen-bond acceptors (Lipinski definition) is 6. The number of aliphatic hydroxyl groups is 5. The molecule has 23 heavy (non-hydrogen) atoms. The van der Waals surface area contributed by atoms with Crippen molar-refractivity contribution in [2.45, 2.75) is 89.1 Å². The minimum Gasteiger partial charge on any atom is -0.394 e. The Hall–Kier alpha value is 0.150. The maximum Gasteiger partial charge on any atom is 0.111 e. The standard InChI is InChI=1S/C17H36O5S/c1-2-3-4-5-6-7-8-9-10-11-23-13-15(20)17(22)16(21)14(19)12-18/h14-22H,2-13H2,1H3. The van der Waals surface area contributed by atoms with Gasteiger partial charge in [-0.1, -0.05) is 58.3 Å². The van der Waals surface area contributed by atoms with Gasteiger partial charge in [0, 0.05) is 5.75 Å². The van der Waals surface area contributed by atoms with E-state index >= 15 is 0 Å². The van der Waals surface area contributed by atoms with Crippen molar-refractivity contribution in [3.05, 3.63) is 0 Å². The summed E-state index contributed by atoms with van der Waals surface area (Å²) in [5.41, 5.74) is 0. The fourth-order valence-corrected chi connectivity index (χ4v) is 3.39. The zero-order valence-corrected chi connectivity index (χ0v) is 15.3. The monoisotopic (exact) mass is 352 g/mol. The summed E-state index contributed by atoms with van der Waals surface area (Å²) >= 11 is 1.54. The van der Waals surface area contributed by atoms with Gasteiger partial charge in [0.2, 0.25) is 0 Å². The third kappa shape index (κ3) is 12.2. The van der Waals surface area contributed by atoms with Crippen molar-refractivity contribution in [3.8, 4) is 0 Å². The summed E-state index contributed by atoms with van der Waals surface area (Å²) in [4.78, 5) is 0. The van der Waals surface area contributed by atoms with Gasteiger partial charge in [-0.2, -0.15) is 11.8 Å². The van der Waals surface area contributed by atoms with Crippen molar-refractivity contribution in [2.24, 2.45) is 0 Å². The number of aliphatic hydroxyl groups excluding tert-OH is 5. The van der Waals surface area contributed by atoms with Gasteiger partial charge in [0.05, 0.1) is 12.7 Å². The summed E-state index contributed by atoms with van der Waals surface area (Å²) in [5.74, 6) is 1.23. The average Bonchev–Trinajstić information content (AvgIpc) is 2.57. The average molecular weight is 353 g/mol. The first-order valence-corrected chi connectivity index (χ1v) is 10.1. The van der Waals surface area contributed by atoms with Gasteiger partial charge < -0.3 is 25.5 Å². The summed E-state index contributed by atoms with van der Waals surface area (Å²) in [6, 6.07) is 0. The van der Waals surface area contributed by atoms with Gasteiger partial charge in [-0.3, -0.25) is 0 Å². The molecule has 0 radical (unpaired) electrons. The van der Waals surface area contributed by atoms with Gasteiger partial charge >= 0.3 is 0 Å². The van der Waals surface area contributed by atoms with Gasteiger partial charge in [-0.15, -0.1) is 0 Å². The molecule has 0 saturated carbocycles. The highest BCUT2D eigenvalue weighted by atomic mass is 32.2. The summed E-state index contributed by atoms with van der Waals surface area (Å²) < 4.78 is 0. The topological polar surface area (TPSA) is 101 Å². The molecule has 0 aromatic carbocycles. The first kappa shape index (κ1) is 23.1. The Morgan fingerprint density at radius 2 is 1.17 bits per heavy atom. The van der Waals surface area contributed by atoms with E-state index in [0.29, 0.717) is 5.75 Å². The number of thioether (sulfide) groups is 1. The van der Waals surface area contributed by atoms with Crippen molar-refractivity contribution >= 4 is 11.8 Å². The van der Waals surface area contributed by atoms with Crippen molar-refractivity contribution in [1.82, 2.24) is 0 Å². The van der Waals surface area contributed by atoms with Gasteiger partial charge in [0.1, 0.15) is 18.3 Å². The third-order valence-electron chi connectivity index (χ3n) is 4.01. The second kappa shape index (κ2) is 15.7. The molecule has 0 spiro atoms. The molecule has 140 valence electrons. The third-order valence-corrected chi connectivity index (χ3v) is 5.16. The molecule has 0 aromatic rings. The summed E-state index contributed by atoms with van der Waals surface area (Å²) in [7, 11) is 0. The summed E-state index contributed by atoms with van der Waals surface area (Å²) in [5, 5.41) is 46.9. The Morgan fingerprint density at radius 3 is 1.70 bits per heavy atom. The lowest BCUT2D eigenvalue weighted by atomic mass is 10.0. The van der Waals surface area contributed by atoms with E-state index in [-0.39, 0.29) is 0 Å².